The fourth-order valence-corrected chi connectivity index (χ4v) is 1.27. The smallest absolute Gasteiger partial charge is 0.253 e. The van der Waals surface area contributed by atoms with Gasteiger partial charge in [0.1, 0.15) is 0 Å². The number of pyridine rings is 1. The van der Waals surface area contributed by atoms with Crippen LogP contribution < -0.4 is 11.1 Å². The lowest BCUT2D eigenvalue weighted by molar-refractivity contribution is 0.0948. The quantitative estimate of drug-likeness (QED) is 0.800. The SMILES string of the molecule is Cc1ncccc1C(=O)NCC(N)C(C)C. The van der Waals surface area contributed by atoms with Crippen LogP contribution in [-0.2, 0) is 0 Å². The highest BCUT2D eigenvalue weighted by molar-refractivity contribution is 5.95. The molecule has 1 unspecified atom stereocenters. The highest BCUT2D eigenvalue weighted by atomic mass is 16.1. The van der Waals surface area contributed by atoms with E-state index in [1.54, 1.807) is 18.3 Å². The molecule has 3 N–H and O–H groups in total. The number of aromatic nitrogens is 1. The predicted molar refractivity (Wildman–Crippen MR) is 64.1 cm³/mol. The highest BCUT2D eigenvalue weighted by Crippen LogP contribution is 2.03. The number of amides is 1. The number of nitrogens with one attached hydrogen (secondary N) is 1. The first-order valence-corrected chi connectivity index (χ1v) is 5.47. The van der Waals surface area contributed by atoms with E-state index >= 15 is 0 Å². The van der Waals surface area contributed by atoms with Crippen LogP contribution in [0.3, 0.4) is 0 Å². The Hall–Kier alpha value is -1.42. The molecule has 0 aliphatic rings. The molecule has 0 saturated carbocycles. The Kier molecular flexibility index (Phi) is 4.43. The molecule has 1 aromatic rings. The average molecular weight is 221 g/mol. The summed E-state index contributed by atoms with van der Waals surface area (Å²) in [6.07, 6.45) is 1.67. The average Bonchev–Trinajstić information content (AvgIpc) is 2.25. The normalized spacial score (nSPS) is 12.6. The number of nitrogens with two attached hydrogens (primary N) is 1. The van der Waals surface area contributed by atoms with Gasteiger partial charge in [-0.1, -0.05) is 13.8 Å². The van der Waals surface area contributed by atoms with Crippen molar-refractivity contribution < 1.29 is 4.79 Å². The van der Waals surface area contributed by atoms with Gasteiger partial charge in [0.2, 0.25) is 0 Å². The van der Waals surface area contributed by atoms with Gasteiger partial charge in [0, 0.05) is 24.5 Å². The van der Waals surface area contributed by atoms with E-state index in [9.17, 15) is 4.79 Å². The summed E-state index contributed by atoms with van der Waals surface area (Å²) < 4.78 is 0. The van der Waals surface area contributed by atoms with Crippen LogP contribution in [0.15, 0.2) is 18.3 Å². The molecule has 88 valence electrons. The Balaban J connectivity index is 2.57. The molecule has 1 heterocycles. The molecule has 1 atom stereocenters. The topological polar surface area (TPSA) is 68.0 Å². The lowest BCUT2D eigenvalue weighted by Crippen LogP contribution is -2.40. The van der Waals surface area contributed by atoms with E-state index < -0.39 is 0 Å². The molecule has 0 fully saturated rings. The molecular weight excluding hydrogens is 202 g/mol. The number of nitrogens with zero attached hydrogens (tertiary/aromatic N) is 1. The van der Waals surface area contributed by atoms with Crippen molar-refractivity contribution >= 4 is 5.91 Å². The maximum Gasteiger partial charge on any atom is 0.253 e. The molecule has 16 heavy (non-hydrogen) atoms. The van der Waals surface area contributed by atoms with Crippen molar-refractivity contribution in [2.24, 2.45) is 11.7 Å². The first-order chi connectivity index (χ1) is 7.52. The van der Waals surface area contributed by atoms with Gasteiger partial charge in [-0.2, -0.15) is 0 Å². The molecule has 1 aromatic heterocycles. The van der Waals surface area contributed by atoms with E-state index in [2.05, 4.69) is 10.3 Å². The summed E-state index contributed by atoms with van der Waals surface area (Å²) in [5.41, 5.74) is 7.19. The molecular formula is C12H19N3O. The van der Waals surface area contributed by atoms with Crippen molar-refractivity contribution in [3.63, 3.8) is 0 Å². The summed E-state index contributed by atoms with van der Waals surface area (Å²) in [6.45, 7) is 6.38. The first-order valence-electron chi connectivity index (χ1n) is 5.47. The van der Waals surface area contributed by atoms with Crippen LogP contribution in [0.2, 0.25) is 0 Å². The second-order valence-electron chi connectivity index (χ2n) is 4.25. The summed E-state index contributed by atoms with van der Waals surface area (Å²) >= 11 is 0. The summed E-state index contributed by atoms with van der Waals surface area (Å²) in [4.78, 5) is 15.9. The number of aryl methyl sites for hydroxylation is 1. The number of hydrogen-bond donors (Lipinski definition) is 2. The van der Waals surface area contributed by atoms with Crippen molar-refractivity contribution in [3.8, 4) is 0 Å². The van der Waals surface area contributed by atoms with Gasteiger partial charge in [0.05, 0.1) is 5.56 Å². The fraction of sp³-hybridized carbons (Fsp3) is 0.500. The van der Waals surface area contributed by atoms with Crippen LogP contribution in [0, 0.1) is 12.8 Å². The van der Waals surface area contributed by atoms with Gasteiger partial charge in [0.25, 0.3) is 5.91 Å². The van der Waals surface area contributed by atoms with E-state index in [0.29, 0.717) is 18.0 Å². The summed E-state index contributed by atoms with van der Waals surface area (Å²) in [7, 11) is 0. The molecule has 0 bridgehead atoms. The van der Waals surface area contributed by atoms with E-state index in [1.165, 1.54) is 0 Å². The molecule has 1 rings (SSSR count). The van der Waals surface area contributed by atoms with E-state index in [-0.39, 0.29) is 11.9 Å². The van der Waals surface area contributed by atoms with E-state index in [0.717, 1.165) is 5.69 Å². The second-order valence-corrected chi connectivity index (χ2v) is 4.25. The van der Waals surface area contributed by atoms with Gasteiger partial charge in [-0.05, 0) is 25.0 Å². The van der Waals surface area contributed by atoms with Gasteiger partial charge in [0.15, 0.2) is 0 Å². The zero-order chi connectivity index (χ0) is 12.1. The van der Waals surface area contributed by atoms with E-state index in [1.807, 2.05) is 20.8 Å². The van der Waals surface area contributed by atoms with Crippen LogP contribution in [0.25, 0.3) is 0 Å². The Morgan fingerprint density at radius 1 is 1.56 bits per heavy atom. The van der Waals surface area contributed by atoms with Crippen molar-refractivity contribution in [2.75, 3.05) is 6.54 Å². The third kappa shape index (κ3) is 3.31. The molecule has 0 radical (unpaired) electrons. The highest BCUT2D eigenvalue weighted by Gasteiger charge is 2.12. The minimum atomic E-state index is -0.110. The van der Waals surface area contributed by atoms with Gasteiger partial charge in [-0.25, -0.2) is 0 Å². The van der Waals surface area contributed by atoms with Crippen molar-refractivity contribution in [2.45, 2.75) is 26.8 Å². The molecule has 1 amide bonds. The predicted octanol–water partition coefficient (Wildman–Crippen LogP) is 1.10. The Bertz CT molecular complexity index is 363. The summed E-state index contributed by atoms with van der Waals surface area (Å²) in [5, 5.41) is 2.82. The molecule has 0 aliphatic heterocycles. The molecule has 0 aromatic carbocycles. The van der Waals surface area contributed by atoms with Crippen LogP contribution in [-0.4, -0.2) is 23.5 Å². The third-order valence-corrected chi connectivity index (χ3v) is 2.61. The van der Waals surface area contributed by atoms with Crippen LogP contribution >= 0.6 is 0 Å². The summed E-state index contributed by atoms with van der Waals surface area (Å²) in [6, 6.07) is 3.50. The number of carbonyl (C=O) groups is 1. The zero-order valence-corrected chi connectivity index (χ0v) is 10.0. The van der Waals surface area contributed by atoms with Gasteiger partial charge < -0.3 is 11.1 Å². The third-order valence-electron chi connectivity index (χ3n) is 2.61. The summed E-state index contributed by atoms with van der Waals surface area (Å²) in [5.74, 6) is 0.247. The number of hydrogen-bond acceptors (Lipinski definition) is 3. The number of rotatable bonds is 4. The first kappa shape index (κ1) is 12.6. The maximum atomic E-state index is 11.8. The Morgan fingerprint density at radius 3 is 2.81 bits per heavy atom. The minimum Gasteiger partial charge on any atom is -0.350 e. The van der Waals surface area contributed by atoms with Crippen LogP contribution in [0.5, 0.6) is 0 Å². The zero-order valence-electron chi connectivity index (χ0n) is 10.0. The van der Waals surface area contributed by atoms with Crippen molar-refractivity contribution in [3.05, 3.63) is 29.6 Å². The molecule has 0 aliphatic carbocycles. The molecule has 0 spiro atoms. The lowest BCUT2D eigenvalue weighted by Gasteiger charge is -2.16. The maximum absolute atomic E-state index is 11.8. The Labute approximate surface area is 96.3 Å². The monoisotopic (exact) mass is 221 g/mol. The van der Waals surface area contributed by atoms with E-state index in [4.69, 9.17) is 5.73 Å². The molecule has 4 nitrogen and oxygen atoms in total. The molecule has 4 heteroatoms. The Morgan fingerprint density at radius 2 is 2.25 bits per heavy atom. The minimum absolute atomic E-state index is 0.0130. The lowest BCUT2D eigenvalue weighted by atomic mass is 10.1. The fourth-order valence-electron chi connectivity index (χ4n) is 1.27. The van der Waals surface area contributed by atoms with Crippen molar-refractivity contribution in [1.82, 2.24) is 10.3 Å². The standard InChI is InChI=1S/C12H19N3O/c1-8(2)11(13)7-15-12(16)10-5-4-6-14-9(10)3/h4-6,8,11H,7,13H2,1-3H3,(H,15,16). The number of carbonyl (C=O) groups excluding carboxylic acids is 1. The molecule has 0 saturated heterocycles. The second kappa shape index (κ2) is 5.61. The van der Waals surface area contributed by atoms with Crippen molar-refractivity contribution in [1.29, 1.82) is 0 Å². The van der Waals surface area contributed by atoms with Gasteiger partial charge in [-0.15, -0.1) is 0 Å². The van der Waals surface area contributed by atoms with Crippen LogP contribution in [0.1, 0.15) is 29.9 Å². The van der Waals surface area contributed by atoms with Gasteiger partial charge in [-0.3, -0.25) is 9.78 Å². The van der Waals surface area contributed by atoms with Gasteiger partial charge >= 0.3 is 0 Å². The van der Waals surface area contributed by atoms with Crippen LogP contribution in [0.4, 0.5) is 0 Å². The largest absolute Gasteiger partial charge is 0.350 e.